The highest BCUT2D eigenvalue weighted by Gasteiger charge is 2.33. The number of thioether (sulfide) groups is 1. The first-order chi connectivity index (χ1) is 9.36. The van der Waals surface area contributed by atoms with Gasteiger partial charge in [0.25, 0.3) is 0 Å². The third-order valence-corrected chi connectivity index (χ3v) is 5.32. The molecule has 2 rings (SSSR count). The van der Waals surface area contributed by atoms with Crippen LogP contribution >= 0.6 is 27.7 Å². The first kappa shape index (κ1) is 16.2. The summed E-state index contributed by atoms with van der Waals surface area (Å²) in [5, 5.41) is 9.44. The summed E-state index contributed by atoms with van der Waals surface area (Å²) < 4.78 is 39.5. The van der Waals surface area contributed by atoms with Crippen molar-refractivity contribution in [3.63, 3.8) is 0 Å². The molecule has 0 bridgehead atoms. The van der Waals surface area contributed by atoms with E-state index in [1.807, 2.05) is 0 Å². The standard InChI is InChI=1S/C14H16BrF3OS/c15-10-3-6-12(14(16,17)18)13(7-10)20-8-9-1-4-11(19)5-2-9/h3,6-7,9,11,19H,1-2,4-5,8H2. The maximum absolute atomic E-state index is 12.9. The fraction of sp³-hybridized carbons (Fsp3) is 0.571. The minimum atomic E-state index is -4.31. The number of halogens is 4. The Morgan fingerprint density at radius 1 is 1.20 bits per heavy atom. The Kier molecular flexibility index (Phi) is 5.42. The van der Waals surface area contributed by atoms with E-state index in [-0.39, 0.29) is 11.0 Å². The molecule has 1 N–H and O–H groups in total. The van der Waals surface area contributed by atoms with Crippen LogP contribution in [0.1, 0.15) is 31.2 Å². The van der Waals surface area contributed by atoms with Crippen molar-refractivity contribution in [3.8, 4) is 0 Å². The normalized spacial score (nSPS) is 23.9. The van der Waals surface area contributed by atoms with Crippen molar-refractivity contribution < 1.29 is 18.3 Å². The minimum Gasteiger partial charge on any atom is -0.393 e. The van der Waals surface area contributed by atoms with Crippen LogP contribution in [0.15, 0.2) is 27.6 Å². The zero-order chi connectivity index (χ0) is 14.8. The minimum absolute atomic E-state index is 0.229. The van der Waals surface area contributed by atoms with Crippen LogP contribution in [0.3, 0.4) is 0 Å². The van der Waals surface area contributed by atoms with E-state index < -0.39 is 11.7 Å². The third kappa shape index (κ3) is 4.40. The number of rotatable bonds is 3. The summed E-state index contributed by atoms with van der Waals surface area (Å²) >= 11 is 4.49. The highest BCUT2D eigenvalue weighted by molar-refractivity contribution is 9.10. The number of aliphatic hydroxyl groups excluding tert-OH is 1. The molecule has 1 aromatic rings. The first-order valence-electron chi connectivity index (χ1n) is 6.54. The summed E-state index contributed by atoms with van der Waals surface area (Å²) in [7, 11) is 0. The average Bonchev–Trinajstić information content (AvgIpc) is 2.36. The third-order valence-electron chi connectivity index (χ3n) is 3.54. The number of hydrogen-bond acceptors (Lipinski definition) is 2. The predicted molar refractivity (Wildman–Crippen MR) is 77.8 cm³/mol. The van der Waals surface area contributed by atoms with E-state index in [0.717, 1.165) is 31.7 Å². The number of aliphatic hydroxyl groups is 1. The summed E-state index contributed by atoms with van der Waals surface area (Å²) in [6, 6.07) is 4.08. The summed E-state index contributed by atoms with van der Waals surface area (Å²) in [4.78, 5) is 0.276. The van der Waals surface area contributed by atoms with Gasteiger partial charge in [-0.3, -0.25) is 0 Å². The quantitative estimate of drug-likeness (QED) is 0.747. The number of benzene rings is 1. The molecule has 1 aromatic carbocycles. The molecule has 0 radical (unpaired) electrons. The highest BCUT2D eigenvalue weighted by Crippen LogP contribution is 2.39. The van der Waals surface area contributed by atoms with E-state index in [4.69, 9.17) is 0 Å². The van der Waals surface area contributed by atoms with Gasteiger partial charge in [-0.05, 0) is 49.8 Å². The van der Waals surface area contributed by atoms with Gasteiger partial charge in [0.2, 0.25) is 0 Å². The molecule has 6 heteroatoms. The van der Waals surface area contributed by atoms with Crippen LogP contribution in [0.25, 0.3) is 0 Å². The summed E-state index contributed by atoms with van der Waals surface area (Å²) in [6.45, 7) is 0. The van der Waals surface area contributed by atoms with Crippen molar-refractivity contribution in [3.05, 3.63) is 28.2 Å². The van der Waals surface area contributed by atoms with Gasteiger partial charge in [0.05, 0.1) is 11.7 Å². The zero-order valence-electron chi connectivity index (χ0n) is 10.8. The summed E-state index contributed by atoms with van der Waals surface area (Å²) in [6.07, 6.45) is -1.24. The van der Waals surface area contributed by atoms with Crippen molar-refractivity contribution in [2.24, 2.45) is 5.92 Å². The first-order valence-corrected chi connectivity index (χ1v) is 8.31. The SMILES string of the molecule is OC1CCC(CSc2cc(Br)ccc2C(F)(F)F)CC1. The van der Waals surface area contributed by atoms with E-state index in [2.05, 4.69) is 15.9 Å². The van der Waals surface area contributed by atoms with Gasteiger partial charge in [0.1, 0.15) is 0 Å². The Bertz CT molecular complexity index is 456. The molecule has 1 aliphatic carbocycles. The maximum Gasteiger partial charge on any atom is 0.417 e. The number of hydrogen-bond donors (Lipinski definition) is 1. The van der Waals surface area contributed by atoms with E-state index in [1.165, 1.54) is 23.9 Å². The molecule has 0 aliphatic heterocycles. The molecule has 0 aromatic heterocycles. The summed E-state index contributed by atoms with van der Waals surface area (Å²) in [5.41, 5.74) is -0.568. The second-order valence-corrected chi connectivity index (χ2v) is 7.10. The van der Waals surface area contributed by atoms with Crippen LogP contribution in [0, 0.1) is 5.92 Å². The Morgan fingerprint density at radius 2 is 1.85 bits per heavy atom. The molecule has 1 saturated carbocycles. The molecule has 0 unspecified atom stereocenters. The summed E-state index contributed by atoms with van der Waals surface area (Å²) in [5.74, 6) is 1.06. The average molecular weight is 369 g/mol. The Labute approximate surface area is 129 Å². The Hall–Kier alpha value is -0.200. The molecule has 0 saturated heterocycles. The molecular weight excluding hydrogens is 353 g/mol. The van der Waals surface area contributed by atoms with Crippen molar-refractivity contribution in [1.29, 1.82) is 0 Å². The van der Waals surface area contributed by atoms with Crippen LogP contribution < -0.4 is 0 Å². The molecule has 1 nitrogen and oxygen atoms in total. The lowest BCUT2D eigenvalue weighted by Gasteiger charge is -2.25. The molecule has 0 atom stereocenters. The van der Waals surface area contributed by atoms with Crippen LogP contribution in [0.2, 0.25) is 0 Å². The van der Waals surface area contributed by atoms with Gasteiger partial charge < -0.3 is 5.11 Å². The van der Waals surface area contributed by atoms with Crippen LogP contribution in [0.4, 0.5) is 13.2 Å². The van der Waals surface area contributed by atoms with Crippen molar-refractivity contribution in [1.82, 2.24) is 0 Å². The largest absolute Gasteiger partial charge is 0.417 e. The molecule has 1 aliphatic rings. The second kappa shape index (κ2) is 6.71. The Balaban J connectivity index is 2.03. The van der Waals surface area contributed by atoms with E-state index in [0.29, 0.717) is 16.1 Å². The van der Waals surface area contributed by atoms with Gasteiger partial charge in [-0.15, -0.1) is 11.8 Å². The maximum atomic E-state index is 12.9. The van der Waals surface area contributed by atoms with E-state index >= 15 is 0 Å². The van der Waals surface area contributed by atoms with Crippen LogP contribution in [0.5, 0.6) is 0 Å². The molecular formula is C14H16BrF3OS. The predicted octanol–water partition coefficient (Wildman–Crippen LogP) is 5.11. The van der Waals surface area contributed by atoms with Gasteiger partial charge in [-0.2, -0.15) is 13.2 Å². The molecule has 112 valence electrons. The van der Waals surface area contributed by atoms with Crippen LogP contribution in [-0.4, -0.2) is 17.0 Å². The second-order valence-electron chi connectivity index (χ2n) is 5.12. The fourth-order valence-corrected chi connectivity index (χ4v) is 4.18. The van der Waals surface area contributed by atoms with Gasteiger partial charge >= 0.3 is 6.18 Å². The lowest BCUT2D eigenvalue weighted by molar-refractivity contribution is -0.139. The van der Waals surface area contributed by atoms with Gasteiger partial charge in [-0.25, -0.2) is 0 Å². The van der Waals surface area contributed by atoms with E-state index in [9.17, 15) is 18.3 Å². The van der Waals surface area contributed by atoms with Gasteiger partial charge in [0, 0.05) is 15.1 Å². The topological polar surface area (TPSA) is 20.2 Å². The smallest absolute Gasteiger partial charge is 0.393 e. The molecule has 0 amide bonds. The molecule has 0 spiro atoms. The lowest BCUT2D eigenvalue weighted by atomic mass is 9.89. The Morgan fingerprint density at radius 3 is 2.45 bits per heavy atom. The lowest BCUT2D eigenvalue weighted by Crippen LogP contribution is -2.19. The highest BCUT2D eigenvalue weighted by atomic mass is 79.9. The molecule has 1 fully saturated rings. The van der Waals surface area contributed by atoms with Gasteiger partial charge in [0.15, 0.2) is 0 Å². The van der Waals surface area contributed by atoms with Gasteiger partial charge in [-0.1, -0.05) is 15.9 Å². The fourth-order valence-electron chi connectivity index (χ4n) is 2.37. The van der Waals surface area contributed by atoms with Crippen molar-refractivity contribution in [2.45, 2.75) is 42.9 Å². The van der Waals surface area contributed by atoms with E-state index in [1.54, 1.807) is 0 Å². The van der Waals surface area contributed by atoms with Crippen LogP contribution in [-0.2, 0) is 6.18 Å². The molecule has 20 heavy (non-hydrogen) atoms. The zero-order valence-corrected chi connectivity index (χ0v) is 13.2. The molecule has 0 heterocycles. The monoisotopic (exact) mass is 368 g/mol. The van der Waals surface area contributed by atoms with Crippen molar-refractivity contribution in [2.75, 3.05) is 5.75 Å². The van der Waals surface area contributed by atoms with Crippen molar-refractivity contribution >= 4 is 27.7 Å². The number of alkyl halides is 3.